The third-order valence-corrected chi connectivity index (χ3v) is 7.06. The second-order valence-electron chi connectivity index (χ2n) is 8.51. The molecule has 1 fully saturated rings. The molecule has 3 heterocycles. The van der Waals surface area contributed by atoms with Crippen molar-refractivity contribution in [3.63, 3.8) is 0 Å². The van der Waals surface area contributed by atoms with E-state index in [1.54, 1.807) is 11.0 Å². The molecule has 3 N–H and O–H groups in total. The molecule has 2 amide bonds. The molecule has 3 aromatic rings. The zero-order valence-corrected chi connectivity index (χ0v) is 20.0. The maximum Gasteiger partial charge on any atom is 0.414 e. The van der Waals surface area contributed by atoms with E-state index in [2.05, 4.69) is 15.6 Å². The van der Waals surface area contributed by atoms with Crippen molar-refractivity contribution in [3.05, 3.63) is 65.9 Å². The van der Waals surface area contributed by atoms with Crippen molar-refractivity contribution < 1.29 is 19.4 Å². The van der Waals surface area contributed by atoms with Crippen LogP contribution in [0.25, 0.3) is 11.1 Å². The molecule has 0 unspecified atom stereocenters. The number of hydrogen-bond acceptors (Lipinski definition) is 8. The maximum atomic E-state index is 12.5. The van der Waals surface area contributed by atoms with E-state index >= 15 is 0 Å². The Kier molecular flexibility index (Phi) is 6.75. The summed E-state index contributed by atoms with van der Waals surface area (Å²) in [6, 6.07) is 16.9. The highest BCUT2D eigenvalue weighted by atomic mass is 32.2. The molecule has 2 aliphatic heterocycles. The SMILES string of the molecule is N#Cc1cnc(O)c(-c2cccc(CNCC[C@@H]3CN(c4ccc5c(c4)NC(=O)CS5)C(=O)O3)c2)c1. The van der Waals surface area contributed by atoms with Gasteiger partial charge in [-0.15, -0.1) is 11.8 Å². The van der Waals surface area contributed by atoms with E-state index in [9.17, 15) is 14.7 Å². The molecule has 1 aromatic heterocycles. The number of anilines is 2. The summed E-state index contributed by atoms with van der Waals surface area (Å²) in [5.74, 6) is 0.227. The van der Waals surface area contributed by atoms with Crippen LogP contribution in [0.4, 0.5) is 16.2 Å². The van der Waals surface area contributed by atoms with E-state index in [0.717, 1.165) is 21.7 Å². The highest BCUT2D eigenvalue weighted by Gasteiger charge is 2.32. The molecular weight excluding hydrogens is 478 g/mol. The van der Waals surface area contributed by atoms with Crippen molar-refractivity contribution in [1.29, 1.82) is 5.26 Å². The van der Waals surface area contributed by atoms with E-state index < -0.39 is 6.09 Å². The van der Waals surface area contributed by atoms with Crippen molar-refractivity contribution in [2.75, 3.05) is 29.1 Å². The van der Waals surface area contributed by atoms with E-state index in [0.29, 0.717) is 48.6 Å². The fourth-order valence-electron chi connectivity index (χ4n) is 4.20. The Morgan fingerprint density at radius 3 is 3.00 bits per heavy atom. The van der Waals surface area contributed by atoms with Crippen molar-refractivity contribution in [2.24, 2.45) is 0 Å². The number of rotatable bonds is 7. The number of pyridine rings is 1. The first-order valence-electron chi connectivity index (χ1n) is 11.4. The molecule has 1 saturated heterocycles. The average molecular weight is 502 g/mol. The number of benzene rings is 2. The lowest BCUT2D eigenvalue weighted by molar-refractivity contribution is -0.113. The van der Waals surface area contributed by atoms with Crippen molar-refractivity contribution in [1.82, 2.24) is 10.3 Å². The number of carbonyl (C=O) groups is 2. The van der Waals surface area contributed by atoms with Crippen LogP contribution in [0.15, 0.2) is 59.6 Å². The molecule has 0 bridgehead atoms. The number of nitriles is 1. The largest absolute Gasteiger partial charge is 0.493 e. The van der Waals surface area contributed by atoms with Crippen LogP contribution in [0.1, 0.15) is 17.5 Å². The van der Waals surface area contributed by atoms with Gasteiger partial charge in [-0.1, -0.05) is 18.2 Å². The molecule has 5 rings (SSSR count). The summed E-state index contributed by atoms with van der Waals surface area (Å²) in [5, 5.41) is 25.4. The lowest BCUT2D eigenvalue weighted by Crippen LogP contribution is -2.26. The molecule has 2 aliphatic rings. The van der Waals surface area contributed by atoms with Gasteiger partial charge in [-0.25, -0.2) is 9.78 Å². The Balaban J connectivity index is 1.15. The van der Waals surface area contributed by atoms with Crippen LogP contribution < -0.4 is 15.5 Å². The molecule has 10 heteroatoms. The second kappa shape index (κ2) is 10.3. The maximum absolute atomic E-state index is 12.5. The number of aromatic nitrogens is 1. The van der Waals surface area contributed by atoms with E-state index in [1.807, 2.05) is 48.5 Å². The van der Waals surface area contributed by atoms with Crippen LogP contribution >= 0.6 is 11.8 Å². The molecule has 2 aromatic carbocycles. The molecule has 36 heavy (non-hydrogen) atoms. The quantitative estimate of drug-likeness (QED) is 0.416. The van der Waals surface area contributed by atoms with Gasteiger partial charge >= 0.3 is 6.09 Å². The van der Waals surface area contributed by atoms with Gasteiger partial charge in [-0.05, 0) is 54.4 Å². The van der Waals surface area contributed by atoms with Gasteiger partial charge in [0.05, 0.1) is 23.5 Å². The zero-order chi connectivity index (χ0) is 25.1. The molecule has 182 valence electrons. The number of thioether (sulfide) groups is 1. The number of ether oxygens (including phenoxy) is 1. The summed E-state index contributed by atoms with van der Waals surface area (Å²) in [4.78, 5) is 30.6. The Hall–Kier alpha value is -4.07. The van der Waals surface area contributed by atoms with Gasteiger partial charge in [-0.2, -0.15) is 5.26 Å². The van der Waals surface area contributed by atoms with Crippen molar-refractivity contribution in [2.45, 2.75) is 24.0 Å². The van der Waals surface area contributed by atoms with Gasteiger partial charge in [0.15, 0.2) is 0 Å². The molecule has 0 aliphatic carbocycles. The topological polar surface area (TPSA) is 128 Å². The molecule has 0 spiro atoms. The monoisotopic (exact) mass is 501 g/mol. The van der Waals surface area contributed by atoms with Crippen LogP contribution in [0.3, 0.4) is 0 Å². The summed E-state index contributed by atoms with van der Waals surface area (Å²) >= 11 is 1.48. The Labute approximate surface area is 212 Å². The summed E-state index contributed by atoms with van der Waals surface area (Å²) in [6.07, 6.45) is 1.35. The van der Waals surface area contributed by atoms with E-state index in [-0.39, 0.29) is 17.9 Å². The van der Waals surface area contributed by atoms with Gasteiger partial charge in [0, 0.05) is 28.9 Å². The first-order valence-corrected chi connectivity index (χ1v) is 12.4. The summed E-state index contributed by atoms with van der Waals surface area (Å²) in [7, 11) is 0. The van der Waals surface area contributed by atoms with Gasteiger partial charge in [0.25, 0.3) is 0 Å². The predicted octanol–water partition coefficient (Wildman–Crippen LogP) is 3.88. The molecule has 1 atom stereocenters. The molecular formula is C26H23N5O4S. The number of nitrogens with zero attached hydrogens (tertiary/aromatic N) is 3. The van der Waals surface area contributed by atoms with Gasteiger partial charge in [0.2, 0.25) is 11.8 Å². The normalized spacial score (nSPS) is 16.8. The van der Waals surface area contributed by atoms with Crippen molar-refractivity contribution >= 4 is 35.1 Å². The Morgan fingerprint density at radius 2 is 2.14 bits per heavy atom. The lowest BCUT2D eigenvalue weighted by atomic mass is 10.0. The summed E-state index contributed by atoms with van der Waals surface area (Å²) in [6.45, 7) is 1.67. The Morgan fingerprint density at radius 1 is 1.25 bits per heavy atom. The lowest BCUT2D eigenvalue weighted by Gasteiger charge is -2.20. The minimum atomic E-state index is -0.393. The number of amides is 2. The highest BCUT2D eigenvalue weighted by molar-refractivity contribution is 8.00. The number of fused-ring (bicyclic) bond motifs is 1. The van der Waals surface area contributed by atoms with Crippen LogP contribution in [-0.4, -0.2) is 47.0 Å². The third kappa shape index (κ3) is 5.12. The fourth-order valence-corrected chi connectivity index (χ4v) is 4.99. The van der Waals surface area contributed by atoms with Gasteiger partial charge in [-0.3, -0.25) is 9.69 Å². The first kappa shape index (κ1) is 23.7. The van der Waals surface area contributed by atoms with Crippen LogP contribution in [0.5, 0.6) is 5.88 Å². The van der Waals surface area contributed by atoms with Gasteiger partial charge < -0.3 is 20.5 Å². The standard InChI is InChI=1S/C26H23N5O4S/c27-11-17-9-21(25(33)29-13-17)18-3-1-2-16(8-18)12-28-7-6-20-14-31(26(34)35-20)19-4-5-23-22(10-19)30-24(32)15-36-23/h1-5,8-10,13,20,28H,6-7,12,14-15H2,(H,29,33)(H,30,32)/t20-/m1/s1. The fraction of sp³-hybridized carbons (Fsp3) is 0.231. The van der Waals surface area contributed by atoms with Crippen LogP contribution in [0, 0.1) is 11.3 Å². The number of cyclic esters (lactones) is 1. The smallest absolute Gasteiger partial charge is 0.414 e. The van der Waals surface area contributed by atoms with Crippen LogP contribution in [-0.2, 0) is 16.1 Å². The summed E-state index contributed by atoms with van der Waals surface area (Å²) < 4.78 is 5.55. The highest BCUT2D eigenvalue weighted by Crippen LogP contribution is 2.35. The number of nitrogens with one attached hydrogen (secondary N) is 2. The van der Waals surface area contributed by atoms with Gasteiger partial charge in [0.1, 0.15) is 12.2 Å². The Bertz CT molecular complexity index is 1370. The predicted molar refractivity (Wildman–Crippen MR) is 136 cm³/mol. The first-order chi connectivity index (χ1) is 17.5. The number of carbonyl (C=O) groups excluding carboxylic acids is 2. The number of hydrogen-bond donors (Lipinski definition) is 3. The minimum absolute atomic E-state index is 0.0488. The average Bonchev–Trinajstić information content (AvgIpc) is 3.27. The summed E-state index contributed by atoms with van der Waals surface area (Å²) in [5.41, 5.74) is 4.09. The third-order valence-electron chi connectivity index (χ3n) is 5.99. The number of aromatic hydroxyl groups is 1. The minimum Gasteiger partial charge on any atom is -0.493 e. The van der Waals surface area contributed by atoms with E-state index in [4.69, 9.17) is 10.00 Å². The molecule has 0 radical (unpaired) electrons. The second-order valence-corrected chi connectivity index (χ2v) is 9.52. The van der Waals surface area contributed by atoms with Crippen molar-refractivity contribution in [3.8, 4) is 23.1 Å². The van der Waals surface area contributed by atoms with Crippen LogP contribution in [0.2, 0.25) is 0 Å². The van der Waals surface area contributed by atoms with E-state index in [1.165, 1.54) is 18.0 Å². The zero-order valence-electron chi connectivity index (χ0n) is 19.2. The molecule has 9 nitrogen and oxygen atoms in total. The molecule has 0 saturated carbocycles.